The van der Waals surface area contributed by atoms with Gasteiger partial charge in [0.05, 0.1) is 4.91 Å². The molecule has 0 aliphatic carbocycles. The first-order chi connectivity index (χ1) is 5.24. The smallest absolute Gasteiger partial charge is 0.263 e. The fraction of sp³-hybridized carbons (Fsp3) is 0.429. The molecule has 1 heterocycles. The standard InChI is InChI=1S/C7H9NOS2/c1-2-3-4-5-6(9)8-7(10)11-5/h4H,2-3H2,1H3,(H,8,9,10)/b5-4-. The average Bonchev–Trinajstić information content (AvgIpc) is 2.26. The molecular formula is C7H9NOS2. The van der Waals surface area contributed by atoms with Crippen LogP contribution in [0.5, 0.6) is 0 Å². The normalized spacial score (nSPS) is 21.0. The Morgan fingerprint density at radius 3 is 2.91 bits per heavy atom. The molecule has 1 fully saturated rings. The van der Waals surface area contributed by atoms with Gasteiger partial charge in [0, 0.05) is 0 Å². The van der Waals surface area contributed by atoms with E-state index in [9.17, 15) is 4.79 Å². The van der Waals surface area contributed by atoms with Crippen molar-refractivity contribution in [3.63, 3.8) is 0 Å². The summed E-state index contributed by atoms with van der Waals surface area (Å²) in [6.07, 6.45) is 3.93. The van der Waals surface area contributed by atoms with E-state index < -0.39 is 0 Å². The van der Waals surface area contributed by atoms with Gasteiger partial charge in [0.25, 0.3) is 5.91 Å². The lowest BCUT2D eigenvalue weighted by molar-refractivity contribution is -0.115. The first kappa shape index (κ1) is 8.74. The van der Waals surface area contributed by atoms with Crippen LogP contribution in [0.3, 0.4) is 0 Å². The van der Waals surface area contributed by atoms with E-state index in [1.165, 1.54) is 11.8 Å². The Bertz CT molecular complexity index is 222. The van der Waals surface area contributed by atoms with E-state index in [2.05, 4.69) is 12.2 Å². The van der Waals surface area contributed by atoms with E-state index >= 15 is 0 Å². The van der Waals surface area contributed by atoms with Crippen LogP contribution in [0.15, 0.2) is 11.0 Å². The van der Waals surface area contributed by atoms with E-state index in [0.29, 0.717) is 4.32 Å². The number of thiocarbonyl (C=S) groups is 1. The van der Waals surface area contributed by atoms with E-state index in [4.69, 9.17) is 12.2 Å². The fourth-order valence-electron chi connectivity index (χ4n) is 0.736. The minimum Gasteiger partial charge on any atom is -0.307 e. The summed E-state index contributed by atoms with van der Waals surface area (Å²) in [5.41, 5.74) is 0. The minimum absolute atomic E-state index is 0.0477. The fourth-order valence-corrected chi connectivity index (χ4v) is 1.79. The predicted octanol–water partition coefficient (Wildman–Crippen LogP) is 1.82. The SMILES string of the molecule is CCC/C=C1\SC(=S)NC1=O. The molecule has 0 aromatic carbocycles. The summed E-state index contributed by atoms with van der Waals surface area (Å²) in [6.45, 7) is 2.08. The number of hydrogen-bond donors (Lipinski definition) is 1. The van der Waals surface area contributed by atoms with E-state index in [1.54, 1.807) is 0 Å². The number of rotatable bonds is 2. The van der Waals surface area contributed by atoms with Crippen molar-refractivity contribution in [1.82, 2.24) is 5.32 Å². The number of carbonyl (C=O) groups excluding carboxylic acids is 1. The molecule has 1 saturated heterocycles. The Labute approximate surface area is 75.4 Å². The van der Waals surface area contributed by atoms with E-state index in [0.717, 1.165) is 17.7 Å². The first-order valence-electron chi connectivity index (χ1n) is 3.47. The van der Waals surface area contributed by atoms with Crippen LogP contribution in [0, 0.1) is 0 Å². The molecule has 0 bridgehead atoms. The van der Waals surface area contributed by atoms with Crippen molar-refractivity contribution in [3.8, 4) is 0 Å². The second kappa shape index (κ2) is 3.88. The Kier molecular flexibility index (Phi) is 3.08. The second-order valence-corrected chi connectivity index (χ2v) is 3.92. The Morgan fingerprint density at radius 2 is 2.45 bits per heavy atom. The van der Waals surface area contributed by atoms with Crippen molar-refractivity contribution in [2.45, 2.75) is 19.8 Å². The minimum atomic E-state index is -0.0477. The maximum Gasteiger partial charge on any atom is 0.263 e. The summed E-state index contributed by atoms with van der Waals surface area (Å²) in [5, 5.41) is 2.56. The average molecular weight is 187 g/mol. The predicted molar refractivity (Wildman–Crippen MR) is 51.3 cm³/mol. The van der Waals surface area contributed by atoms with Gasteiger partial charge < -0.3 is 5.32 Å². The molecule has 0 radical (unpaired) electrons. The maximum atomic E-state index is 11.0. The van der Waals surface area contributed by atoms with Gasteiger partial charge in [-0.25, -0.2) is 0 Å². The van der Waals surface area contributed by atoms with Crippen LogP contribution in [0.4, 0.5) is 0 Å². The lowest BCUT2D eigenvalue weighted by Crippen LogP contribution is -2.17. The van der Waals surface area contributed by atoms with Gasteiger partial charge in [0.2, 0.25) is 0 Å². The van der Waals surface area contributed by atoms with Gasteiger partial charge in [0.15, 0.2) is 0 Å². The first-order valence-corrected chi connectivity index (χ1v) is 4.70. The van der Waals surface area contributed by atoms with Gasteiger partial charge in [-0.3, -0.25) is 4.79 Å². The van der Waals surface area contributed by atoms with Crippen molar-refractivity contribution >= 4 is 34.2 Å². The van der Waals surface area contributed by atoms with Crippen LogP contribution in [0.25, 0.3) is 0 Å². The highest BCUT2D eigenvalue weighted by Crippen LogP contribution is 2.23. The van der Waals surface area contributed by atoms with E-state index in [1.807, 2.05) is 6.08 Å². The summed E-state index contributed by atoms with van der Waals surface area (Å²) in [4.78, 5) is 11.7. The van der Waals surface area contributed by atoms with Crippen LogP contribution >= 0.6 is 24.0 Å². The zero-order valence-electron chi connectivity index (χ0n) is 6.22. The quantitative estimate of drug-likeness (QED) is 0.528. The van der Waals surface area contributed by atoms with Gasteiger partial charge in [-0.15, -0.1) is 0 Å². The highest BCUT2D eigenvalue weighted by molar-refractivity contribution is 8.26. The Morgan fingerprint density at radius 1 is 1.73 bits per heavy atom. The second-order valence-electron chi connectivity index (χ2n) is 2.20. The Balaban J connectivity index is 2.59. The summed E-state index contributed by atoms with van der Waals surface area (Å²) in [5.74, 6) is -0.0477. The number of allylic oxidation sites excluding steroid dienone is 1. The van der Waals surface area contributed by atoms with Gasteiger partial charge in [-0.2, -0.15) is 0 Å². The highest BCUT2D eigenvalue weighted by atomic mass is 32.2. The molecule has 0 aromatic rings. The van der Waals surface area contributed by atoms with Crippen molar-refractivity contribution < 1.29 is 4.79 Å². The van der Waals surface area contributed by atoms with Gasteiger partial charge >= 0.3 is 0 Å². The largest absolute Gasteiger partial charge is 0.307 e. The monoisotopic (exact) mass is 187 g/mol. The molecule has 1 amide bonds. The molecule has 1 rings (SSSR count). The summed E-state index contributed by atoms with van der Waals surface area (Å²) in [7, 11) is 0. The lowest BCUT2D eigenvalue weighted by atomic mass is 10.3. The van der Waals surface area contributed by atoms with Gasteiger partial charge in [-0.1, -0.05) is 43.4 Å². The summed E-state index contributed by atoms with van der Waals surface area (Å²) < 4.78 is 0.567. The number of hydrogen-bond acceptors (Lipinski definition) is 3. The molecule has 1 aliphatic heterocycles. The molecule has 0 saturated carbocycles. The lowest BCUT2D eigenvalue weighted by Gasteiger charge is -1.88. The summed E-state index contributed by atoms with van der Waals surface area (Å²) in [6, 6.07) is 0. The van der Waals surface area contributed by atoms with Crippen molar-refractivity contribution in [3.05, 3.63) is 11.0 Å². The number of unbranched alkanes of at least 4 members (excludes halogenated alkanes) is 1. The summed E-state index contributed by atoms with van der Waals surface area (Å²) >= 11 is 6.16. The molecule has 4 heteroatoms. The molecule has 0 atom stereocenters. The van der Waals surface area contributed by atoms with Gasteiger partial charge in [0.1, 0.15) is 4.32 Å². The number of thioether (sulfide) groups is 1. The maximum absolute atomic E-state index is 11.0. The molecule has 11 heavy (non-hydrogen) atoms. The zero-order valence-corrected chi connectivity index (χ0v) is 7.85. The molecular weight excluding hydrogens is 178 g/mol. The van der Waals surface area contributed by atoms with Crippen LogP contribution in [0.2, 0.25) is 0 Å². The van der Waals surface area contributed by atoms with Crippen LogP contribution in [0.1, 0.15) is 19.8 Å². The molecule has 1 aliphatic rings. The van der Waals surface area contributed by atoms with Gasteiger partial charge in [-0.05, 0) is 6.42 Å². The Hall–Kier alpha value is -0.350. The third-order valence-corrected chi connectivity index (χ3v) is 2.47. The van der Waals surface area contributed by atoms with Crippen molar-refractivity contribution in [2.24, 2.45) is 0 Å². The highest BCUT2D eigenvalue weighted by Gasteiger charge is 2.20. The van der Waals surface area contributed by atoms with Crippen LogP contribution < -0.4 is 5.32 Å². The van der Waals surface area contributed by atoms with Crippen molar-refractivity contribution in [1.29, 1.82) is 0 Å². The molecule has 60 valence electrons. The van der Waals surface area contributed by atoms with Crippen LogP contribution in [-0.2, 0) is 4.79 Å². The third-order valence-electron chi connectivity index (χ3n) is 1.26. The van der Waals surface area contributed by atoms with Crippen molar-refractivity contribution in [2.75, 3.05) is 0 Å². The van der Waals surface area contributed by atoms with Crippen LogP contribution in [-0.4, -0.2) is 10.2 Å². The number of nitrogens with one attached hydrogen (secondary N) is 1. The number of carbonyl (C=O) groups is 1. The third kappa shape index (κ3) is 2.31. The molecule has 0 spiro atoms. The molecule has 0 unspecified atom stereocenters. The molecule has 2 nitrogen and oxygen atoms in total. The van der Waals surface area contributed by atoms with E-state index in [-0.39, 0.29) is 5.91 Å². The number of amides is 1. The topological polar surface area (TPSA) is 29.1 Å². The zero-order chi connectivity index (χ0) is 8.27. The molecule has 1 N–H and O–H groups in total. The molecule has 0 aromatic heterocycles.